The average molecular weight is 247 g/mol. The molecule has 1 aliphatic heterocycles. The lowest BCUT2D eigenvalue weighted by molar-refractivity contribution is 0.0881. The van der Waals surface area contributed by atoms with Crippen LogP contribution in [0, 0.1) is 5.92 Å². The van der Waals surface area contributed by atoms with Gasteiger partial charge in [-0.25, -0.2) is 0 Å². The minimum atomic E-state index is -0.284. The Morgan fingerprint density at radius 1 is 1.22 bits per heavy atom. The number of rotatable bonds is 4. The second-order valence-electron chi connectivity index (χ2n) is 5.27. The Hall–Kier alpha value is -0.860. The number of hydrogen-bond donors (Lipinski definition) is 2. The molecule has 1 saturated heterocycles. The molecule has 1 unspecified atom stereocenters. The Kier molecular flexibility index (Phi) is 4.79. The van der Waals surface area contributed by atoms with Gasteiger partial charge in [-0.15, -0.1) is 0 Å². The van der Waals surface area contributed by atoms with E-state index in [1.54, 1.807) is 0 Å². The lowest BCUT2D eigenvalue weighted by Crippen LogP contribution is -2.31. The van der Waals surface area contributed by atoms with Gasteiger partial charge in [-0.2, -0.15) is 0 Å². The summed E-state index contributed by atoms with van der Waals surface area (Å²) in [6.07, 6.45) is 3.92. The number of benzene rings is 1. The van der Waals surface area contributed by atoms with Crippen LogP contribution in [0.25, 0.3) is 0 Å². The summed E-state index contributed by atoms with van der Waals surface area (Å²) >= 11 is 0. The molecule has 1 atom stereocenters. The lowest BCUT2D eigenvalue weighted by atomic mass is 9.85. The van der Waals surface area contributed by atoms with Crippen molar-refractivity contribution in [3.05, 3.63) is 34.9 Å². The van der Waals surface area contributed by atoms with Crippen LogP contribution in [0.15, 0.2) is 18.2 Å². The molecule has 2 nitrogen and oxygen atoms in total. The molecule has 0 aliphatic carbocycles. The second-order valence-corrected chi connectivity index (χ2v) is 5.27. The first kappa shape index (κ1) is 13.6. The van der Waals surface area contributed by atoms with Crippen LogP contribution in [0.4, 0.5) is 0 Å². The van der Waals surface area contributed by atoms with Crippen LogP contribution in [-0.2, 0) is 12.8 Å². The van der Waals surface area contributed by atoms with Gasteiger partial charge in [0, 0.05) is 0 Å². The highest BCUT2D eigenvalue weighted by Gasteiger charge is 2.24. The molecule has 1 aromatic carbocycles. The van der Waals surface area contributed by atoms with Gasteiger partial charge in [0.05, 0.1) is 6.10 Å². The van der Waals surface area contributed by atoms with E-state index in [-0.39, 0.29) is 6.10 Å². The monoisotopic (exact) mass is 247 g/mol. The van der Waals surface area contributed by atoms with E-state index >= 15 is 0 Å². The molecule has 1 aromatic rings. The Labute approximate surface area is 110 Å². The quantitative estimate of drug-likeness (QED) is 0.857. The van der Waals surface area contributed by atoms with Crippen LogP contribution in [0.5, 0.6) is 0 Å². The van der Waals surface area contributed by atoms with Gasteiger partial charge < -0.3 is 10.4 Å². The molecule has 18 heavy (non-hydrogen) atoms. The number of piperidine rings is 1. The molecule has 1 fully saturated rings. The molecule has 0 radical (unpaired) electrons. The third-order valence-electron chi connectivity index (χ3n) is 4.15. The van der Waals surface area contributed by atoms with Crippen molar-refractivity contribution in [3.8, 4) is 0 Å². The summed E-state index contributed by atoms with van der Waals surface area (Å²) in [7, 11) is 0. The van der Waals surface area contributed by atoms with Gasteiger partial charge in [-0.05, 0) is 61.4 Å². The van der Waals surface area contributed by atoms with Crippen molar-refractivity contribution in [2.24, 2.45) is 5.92 Å². The third kappa shape index (κ3) is 2.93. The summed E-state index contributed by atoms with van der Waals surface area (Å²) in [6, 6.07) is 6.60. The smallest absolute Gasteiger partial charge is 0.0821 e. The molecule has 2 heteroatoms. The number of aliphatic hydroxyl groups is 1. The number of nitrogens with one attached hydrogen (secondary N) is 1. The first-order valence-electron chi connectivity index (χ1n) is 7.26. The van der Waals surface area contributed by atoms with E-state index in [0.29, 0.717) is 5.92 Å². The molecule has 100 valence electrons. The first-order chi connectivity index (χ1) is 8.76. The van der Waals surface area contributed by atoms with Gasteiger partial charge in [-0.1, -0.05) is 32.0 Å². The molecule has 0 spiro atoms. The molecular formula is C16H25NO. The van der Waals surface area contributed by atoms with Gasteiger partial charge in [0.2, 0.25) is 0 Å². The van der Waals surface area contributed by atoms with Crippen LogP contribution in [0.3, 0.4) is 0 Å². The van der Waals surface area contributed by atoms with E-state index in [1.807, 2.05) is 0 Å². The SMILES string of the molecule is CCc1ccc(CC)c(C(O)C2CCNCC2)c1. The third-order valence-corrected chi connectivity index (χ3v) is 4.15. The molecule has 1 aliphatic rings. The van der Waals surface area contributed by atoms with Crippen molar-refractivity contribution >= 4 is 0 Å². The maximum atomic E-state index is 10.6. The highest BCUT2D eigenvalue weighted by molar-refractivity contribution is 5.34. The van der Waals surface area contributed by atoms with E-state index < -0.39 is 0 Å². The Morgan fingerprint density at radius 3 is 2.56 bits per heavy atom. The van der Waals surface area contributed by atoms with Gasteiger partial charge in [0.15, 0.2) is 0 Å². The van der Waals surface area contributed by atoms with E-state index in [0.717, 1.165) is 38.8 Å². The summed E-state index contributed by atoms with van der Waals surface area (Å²) in [5.74, 6) is 0.420. The minimum absolute atomic E-state index is 0.284. The van der Waals surface area contributed by atoms with Crippen molar-refractivity contribution in [1.29, 1.82) is 0 Å². The van der Waals surface area contributed by atoms with Crippen molar-refractivity contribution in [1.82, 2.24) is 5.32 Å². The molecule has 0 saturated carbocycles. The molecule has 2 rings (SSSR count). The van der Waals surface area contributed by atoms with E-state index in [2.05, 4.69) is 37.4 Å². The highest BCUT2D eigenvalue weighted by Crippen LogP contribution is 2.31. The Morgan fingerprint density at radius 2 is 1.94 bits per heavy atom. The predicted molar refractivity (Wildman–Crippen MR) is 75.8 cm³/mol. The van der Waals surface area contributed by atoms with Gasteiger partial charge in [-0.3, -0.25) is 0 Å². The lowest BCUT2D eigenvalue weighted by Gasteiger charge is -2.29. The number of aryl methyl sites for hydroxylation is 2. The van der Waals surface area contributed by atoms with E-state index in [4.69, 9.17) is 0 Å². The molecule has 0 amide bonds. The fourth-order valence-corrected chi connectivity index (χ4v) is 2.88. The zero-order valence-corrected chi connectivity index (χ0v) is 11.6. The van der Waals surface area contributed by atoms with Crippen LogP contribution >= 0.6 is 0 Å². The predicted octanol–water partition coefficient (Wildman–Crippen LogP) is 2.84. The zero-order valence-electron chi connectivity index (χ0n) is 11.6. The van der Waals surface area contributed by atoms with Crippen LogP contribution in [0.2, 0.25) is 0 Å². The van der Waals surface area contributed by atoms with E-state index in [9.17, 15) is 5.11 Å². The number of aliphatic hydroxyl groups excluding tert-OH is 1. The molecule has 0 bridgehead atoms. The summed E-state index contributed by atoms with van der Waals surface area (Å²) in [6.45, 7) is 6.41. The summed E-state index contributed by atoms with van der Waals surface area (Å²) in [5.41, 5.74) is 3.80. The highest BCUT2D eigenvalue weighted by atomic mass is 16.3. The standard InChI is InChI=1S/C16H25NO/c1-3-12-5-6-13(4-2)15(11-12)16(18)14-7-9-17-10-8-14/h5-6,11,14,16-18H,3-4,7-10H2,1-2H3. The van der Waals surface area contributed by atoms with Gasteiger partial charge in [0.25, 0.3) is 0 Å². The first-order valence-corrected chi connectivity index (χ1v) is 7.26. The fourth-order valence-electron chi connectivity index (χ4n) is 2.88. The van der Waals surface area contributed by atoms with Crippen molar-refractivity contribution in [3.63, 3.8) is 0 Å². The summed E-state index contributed by atoms with van der Waals surface area (Å²) in [5, 5.41) is 14.0. The average Bonchev–Trinajstić information content (AvgIpc) is 2.46. The Balaban J connectivity index is 2.23. The van der Waals surface area contributed by atoms with E-state index in [1.165, 1.54) is 16.7 Å². The fraction of sp³-hybridized carbons (Fsp3) is 0.625. The summed E-state index contributed by atoms with van der Waals surface area (Å²) < 4.78 is 0. The zero-order chi connectivity index (χ0) is 13.0. The largest absolute Gasteiger partial charge is 0.388 e. The molecular weight excluding hydrogens is 222 g/mol. The Bertz CT molecular complexity index is 383. The van der Waals surface area contributed by atoms with Crippen LogP contribution in [0.1, 0.15) is 49.5 Å². The maximum absolute atomic E-state index is 10.6. The van der Waals surface area contributed by atoms with Crippen LogP contribution in [-0.4, -0.2) is 18.2 Å². The van der Waals surface area contributed by atoms with Gasteiger partial charge in [0.1, 0.15) is 0 Å². The number of hydrogen-bond acceptors (Lipinski definition) is 2. The normalized spacial score (nSPS) is 18.8. The molecule has 1 heterocycles. The van der Waals surface area contributed by atoms with Crippen LogP contribution < -0.4 is 5.32 Å². The van der Waals surface area contributed by atoms with Crippen molar-refractivity contribution < 1.29 is 5.11 Å². The second kappa shape index (κ2) is 6.35. The van der Waals surface area contributed by atoms with Crippen molar-refractivity contribution in [2.45, 2.75) is 45.6 Å². The van der Waals surface area contributed by atoms with Crippen molar-refractivity contribution in [2.75, 3.05) is 13.1 Å². The minimum Gasteiger partial charge on any atom is -0.388 e. The van der Waals surface area contributed by atoms with Gasteiger partial charge >= 0.3 is 0 Å². The maximum Gasteiger partial charge on any atom is 0.0821 e. The topological polar surface area (TPSA) is 32.3 Å². The molecule has 0 aromatic heterocycles. The summed E-state index contributed by atoms with van der Waals surface area (Å²) in [4.78, 5) is 0. The molecule has 2 N–H and O–H groups in total.